The minimum absolute atomic E-state index is 0.533. The highest BCUT2D eigenvalue weighted by Gasteiger charge is 2.41. The van der Waals surface area contributed by atoms with E-state index in [1.807, 2.05) is 0 Å². The Morgan fingerprint density at radius 1 is 0.667 bits per heavy atom. The molecule has 0 N–H and O–H groups in total. The van der Waals surface area contributed by atoms with Crippen molar-refractivity contribution in [1.29, 1.82) is 0 Å². The minimum atomic E-state index is -1.71. The zero-order chi connectivity index (χ0) is 16.9. The van der Waals surface area contributed by atoms with Crippen molar-refractivity contribution in [2.75, 3.05) is 0 Å². The van der Waals surface area contributed by atoms with Crippen molar-refractivity contribution in [2.45, 2.75) is 32.5 Å². The summed E-state index contributed by atoms with van der Waals surface area (Å²) in [5.41, 5.74) is 9.21. The quantitative estimate of drug-likeness (QED) is 0.539. The van der Waals surface area contributed by atoms with Crippen LogP contribution >= 0.6 is 0 Å². The van der Waals surface area contributed by atoms with Gasteiger partial charge in [-0.15, -0.1) is 0 Å². The second-order valence-corrected chi connectivity index (χ2v) is 12.3. The van der Waals surface area contributed by atoms with Crippen molar-refractivity contribution >= 4 is 13.3 Å². The van der Waals surface area contributed by atoms with Gasteiger partial charge in [-0.05, 0) is 36.1 Å². The van der Waals surface area contributed by atoms with Crippen LogP contribution in [-0.4, -0.2) is 8.07 Å². The van der Waals surface area contributed by atoms with E-state index in [0.29, 0.717) is 5.54 Å². The molecule has 120 valence electrons. The van der Waals surface area contributed by atoms with E-state index in [1.165, 1.54) is 33.4 Å². The lowest BCUT2D eigenvalue weighted by atomic mass is 10.1. The van der Waals surface area contributed by atoms with Crippen LogP contribution in [0.15, 0.2) is 66.7 Å². The predicted octanol–water partition coefficient (Wildman–Crippen LogP) is 5.57. The fourth-order valence-electron chi connectivity index (χ4n) is 4.45. The van der Waals surface area contributed by atoms with Crippen molar-refractivity contribution in [3.63, 3.8) is 0 Å². The molecule has 0 radical (unpaired) electrons. The fourth-order valence-corrected chi connectivity index (χ4v) is 8.04. The third-order valence-corrected chi connectivity index (χ3v) is 9.36. The summed E-state index contributed by atoms with van der Waals surface area (Å²) in [7, 11) is -1.71. The van der Waals surface area contributed by atoms with Gasteiger partial charge in [-0.1, -0.05) is 96.1 Å². The molecule has 24 heavy (non-hydrogen) atoms. The van der Waals surface area contributed by atoms with Crippen LogP contribution in [0, 0.1) is 13.8 Å². The van der Waals surface area contributed by atoms with Gasteiger partial charge in [0.05, 0.1) is 8.07 Å². The molecule has 0 heterocycles. The van der Waals surface area contributed by atoms with Crippen LogP contribution in [0.4, 0.5) is 0 Å². The Hall–Kier alpha value is -2.12. The standard InChI is InChI=1S/C23H24Si/c1-16-13-17(2)15-18(14-16)24(3,4)23-21-11-7-5-9-19(21)20-10-6-8-12-22(20)23/h5-15,23H,1-4H3. The number of hydrogen-bond acceptors (Lipinski definition) is 0. The molecule has 0 saturated carbocycles. The smallest absolute Gasteiger partial charge is 0.0647 e. The summed E-state index contributed by atoms with van der Waals surface area (Å²) in [5.74, 6) is 0. The van der Waals surface area contributed by atoms with Crippen LogP contribution < -0.4 is 5.19 Å². The molecule has 3 aromatic rings. The van der Waals surface area contributed by atoms with Gasteiger partial charge < -0.3 is 0 Å². The average Bonchev–Trinajstić information content (AvgIpc) is 2.89. The van der Waals surface area contributed by atoms with Crippen LogP contribution in [0.5, 0.6) is 0 Å². The van der Waals surface area contributed by atoms with Crippen LogP contribution in [0.2, 0.25) is 13.1 Å². The molecule has 0 atom stereocenters. The molecule has 0 bridgehead atoms. The van der Waals surface area contributed by atoms with Crippen molar-refractivity contribution in [3.05, 3.63) is 89.0 Å². The van der Waals surface area contributed by atoms with Gasteiger partial charge in [-0.2, -0.15) is 0 Å². The molecule has 4 rings (SSSR count). The largest absolute Gasteiger partial charge is 0.0927 e. The highest BCUT2D eigenvalue weighted by Crippen LogP contribution is 2.48. The molecule has 0 amide bonds. The fraction of sp³-hybridized carbons (Fsp3) is 0.217. The summed E-state index contributed by atoms with van der Waals surface area (Å²) in [6.07, 6.45) is 0. The number of aryl methyl sites for hydroxylation is 2. The molecule has 1 aliphatic carbocycles. The number of benzene rings is 3. The van der Waals surface area contributed by atoms with E-state index in [0.717, 1.165) is 0 Å². The third-order valence-electron chi connectivity index (χ3n) is 5.52. The van der Waals surface area contributed by atoms with Gasteiger partial charge in [0.1, 0.15) is 0 Å². The molecule has 3 aromatic carbocycles. The first-order chi connectivity index (χ1) is 11.5. The second-order valence-electron chi connectivity index (χ2n) is 7.71. The summed E-state index contributed by atoms with van der Waals surface area (Å²) < 4.78 is 0. The Labute approximate surface area is 146 Å². The van der Waals surface area contributed by atoms with Gasteiger partial charge in [0.2, 0.25) is 0 Å². The zero-order valence-electron chi connectivity index (χ0n) is 14.9. The van der Waals surface area contributed by atoms with Gasteiger partial charge >= 0.3 is 0 Å². The highest BCUT2D eigenvalue weighted by atomic mass is 28.3. The summed E-state index contributed by atoms with van der Waals surface area (Å²) in [6.45, 7) is 9.50. The second kappa shape index (κ2) is 5.46. The summed E-state index contributed by atoms with van der Waals surface area (Å²) in [4.78, 5) is 0. The SMILES string of the molecule is Cc1cc(C)cc([Si](C)(C)C2c3ccccc3-c3ccccc32)c1. The maximum absolute atomic E-state index is 2.53. The van der Waals surface area contributed by atoms with Crippen molar-refractivity contribution in [3.8, 4) is 11.1 Å². The van der Waals surface area contributed by atoms with Gasteiger partial charge in [0.25, 0.3) is 0 Å². The monoisotopic (exact) mass is 328 g/mol. The maximum Gasteiger partial charge on any atom is 0.0927 e. The summed E-state index contributed by atoms with van der Waals surface area (Å²) in [6, 6.07) is 25.1. The molecule has 0 spiro atoms. The molecule has 0 saturated heterocycles. The Bertz CT molecular complexity index is 855. The van der Waals surface area contributed by atoms with Crippen LogP contribution in [0.25, 0.3) is 11.1 Å². The van der Waals surface area contributed by atoms with Gasteiger partial charge in [-0.3, -0.25) is 0 Å². The Morgan fingerprint density at radius 2 is 1.12 bits per heavy atom. The lowest BCUT2D eigenvalue weighted by Gasteiger charge is -2.32. The molecule has 0 fully saturated rings. The van der Waals surface area contributed by atoms with Gasteiger partial charge in [-0.25, -0.2) is 0 Å². The van der Waals surface area contributed by atoms with Crippen LogP contribution in [0.1, 0.15) is 27.8 Å². The molecular weight excluding hydrogens is 304 g/mol. The van der Waals surface area contributed by atoms with Gasteiger partial charge in [0, 0.05) is 5.54 Å². The Kier molecular flexibility index (Phi) is 3.50. The van der Waals surface area contributed by atoms with Crippen molar-refractivity contribution in [2.24, 2.45) is 0 Å². The molecule has 1 heteroatoms. The van der Waals surface area contributed by atoms with E-state index >= 15 is 0 Å². The number of fused-ring (bicyclic) bond motifs is 3. The van der Waals surface area contributed by atoms with Crippen molar-refractivity contribution < 1.29 is 0 Å². The lowest BCUT2D eigenvalue weighted by Crippen LogP contribution is -2.47. The molecule has 0 aromatic heterocycles. The average molecular weight is 329 g/mol. The van der Waals surface area contributed by atoms with E-state index in [-0.39, 0.29) is 0 Å². The minimum Gasteiger partial charge on any atom is -0.0647 e. The maximum atomic E-state index is 2.53. The van der Waals surface area contributed by atoms with E-state index in [2.05, 4.69) is 93.7 Å². The summed E-state index contributed by atoms with van der Waals surface area (Å²) >= 11 is 0. The van der Waals surface area contributed by atoms with Crippen LogP contribution in [-0.2, 0) is 0 Å². The Morgan fingerprint density at radius 3 is 1.62 bits per heavy atom. The van der Waals surface area contributed by atoms with Crippen LogP contribution in [0.3, 0.4) is 0 Å². The number of rotatable bonds is 2. The van der Waals surface area contributed by atoms with E-state index < -0.39 is 8.07 Å². The van der Waals surface area contributed by atoms with E-state index in [9.17, 15) is 0 Å². The summed E-state index contributed by atoms with van der Waals surface area (Å²) in [5, 5.41) is 1.57. The first kappa shape index (κ1) is 15.4. The molecular formula is C23H24Si. The zero-order valence-corrected chi connectivity index (χ0v) is 15.9. The van der Waals surface area contributed by atoms with Crippen molar-refractivity contribution in [1.82, 2.24) is 0 Å². The van der Waals surface area contributed by atoms with E-state index in [1.54, 1.807) is 5.19 Å². The third kappa shape index (κ3) is 2.27. The molecule has 0 aliphatic heterocycles. The van der Waals surface area contributed by atoms with E-state index in [4.69, 9.17) is 0 Å². The molecule has 0 nitrogen and oxygen atoms in total. The first-order valence-electron chi connectivity index (χ1n) is 8.75. The molecule has 1 aliphatic rings. The van der Waals surface area contributed by atoms with Gasteiger partial charge in [0.15, 0.2) is 0 Å². The Balaban J connectivity index is 1.95. The lowest BCUT2D eigenvalue weighted by molar-refractivity contribution is 1.13. The highest BCUT2D eigenvalue weighted by molar-refractivity contribution is 6.91. The molecule has 0 unspecified atom stereocenters. The number of hydrogen-bond donors (Lipinski definition) is 0. The topological polar surface area (TPSA) is 0 Å². The first-order valence-corrected chi connectivity index (χ1v) is 11.8. The normalized spacial score (nSPS) is 13.7. The predicted molar refractivity (Wildman–Crippen MR) is 107 cm³/mol.